The van der Waals surface area contributed by atoms with Gasteiger partial charge in [0.1, 0.15) is 11.2 Å². The summed E-state index contributed by atoms with van der Waals surface area (Å²) < 4.78 is 6.45. The molecule has 0 aliphatic carbocycles. The van der Waals surface area contributed by atoms with Gasteiger partial charge in [-0.2, -0.15) is 0 Å². The van der Waals surface area contributed by atoms with Crippen LogP contribution in [0.1, 0.15) is 0 Å². The number of hydrogen-bond donors (Lipinski definition) is 0. The molecule has 7 aromatic carbocycles. The van der Waals surface area contributed by atoms with Crippen molar-refractivity contribution in [1.29, 1.82) is 0 Å². The van der Waals surface area contributed by atoms with Crippen LogP contribution in [0.15, 0.2) is 180 Å². The SMILES string of the molecule is c1ccc(-c2ccc(-c3nc(-c4ccc(-c5ccccc5)cc4)nc(-c4ccc5c(c4)oc4cccc(-c6ccccc6)c45)n3)cc2)cc1. The molecule has 49 heavy (non-hydrogen) atoms. The predicted octanol–water partition coefficient (Wildman–Crippen LogP) is 11.8. The fraction of sp³-hybridized carbons (Fsp3) is 0. The molecule has 0 radical (unpaired) electrons. The highest BCUT2D eigenvalue weighted by Gasteiger charge is 2.17. The third kappa shape index (κ3) is 5.45. The first-order valence-electron chi connectivity index (χ1n) is 16.4. The van der Waals surface area contributed by atoms with Gasteiger partial charge in [-0.05, 0) is 51.6 Å². The first kappa shape index (κ1) is 28.6. The van der Waals surface area contributed by atoms with Gasteiger partial charge in [-0.3, -0.25) is 0 Å². The molecule has 2 aromatic heterocycles. The summed E-state index contributed by atoms with van der Waals surface area (Å²) in [5, 5.41) is 2.16. The summed E-state index contributed by atoms with van der Waals surface area (Å²) >= 11 is 0. The lowest BCUT2D eigenvalue weighted by Gasteiger charge is -2.10. The summed E-state index contributed by atoms with van der Waals surface area (Å²) in [6, 6.07) is 60.4. The zero-order valence-electron chi connectivity index (χ0n) is 26.5. The van der Waals surface area contributed by atoms with Crippen molar-refractivity contribution < 1.29 is 4.42 Å². The Labute approximate surface area is 284 Å². The summed E-state index contributed by atoms with van der Waals surface area (Å²) in [5.74, 6) is 1.82. The standard InChI is InChI=1S/C45H29N3O/c1-4-11-30(12-5-1)32-19-23-35(24-20-32)43-46-44(36-25-21-33(22-26-36)31-13-6-2-7-14-31)48-45(47-43)37-27-28-39-41(29-37)49-40-18-10-17-38(42(39)40)34-15-8-3-9-16-34/h1-29H. The molecule has 2 heterocycles. The molecule has 9 rings (SSSR count). The van der Waals surface area contributed by atoms with Crippen LogP contribution in [-0.2, 0) is 0 Å². The molecule has 0 N–H and O–H groups in total. The topological polar surface area (TPSA) is 51.8 Å². The molecule has 0 bridgehead atoms. The lowest BCUT2D eigenvalue weighted by Crippen LogP contribution is -2.00. The molecular weight excluding hydrogens is 599 g/mol. The van der Waals surface area contributed by atoms with Crippen molar-refractivity contribution in [2.75, 3.05) is 0 Å². The fourth-order valence-corrected chi connectivity index (χ4v) is 6.47. The lowest BCUT2D eigenvalue weighted by atomic mass is 9.99. The maximum atomic E-state index is 6.45. The van der Waals surface area contributed by atoms with E-state index in [1.54, 1.807) is 0 Å². The van der Waals surface area contributed by atoms with Gasteiger partial charge in [-0.15, -0.1) is 0 Å². The first-order chi connectivity index (χ1) is 24.3. The van der Waals surface area contributed by atoms with Crippen molar-refractivity contribution in [3.8, 4) is 67.5 Å². The Balaban J connectivity index is 1.16. The van der Waals surface area contributed by atoms with E-state index in [0.29, 0.717) is 17.5 Å². The molecule has 0 aliphatic heterocycles. The Hall–Kier alpha value is -6.65. The highest BCUT2D eigenvalue weighted by atomic mass is 16.3. The third-order valence-corrected chi connectivity index (χ3v) is 8.98. The second-order valence-corrected chi connectivity index (χ2v) is 12.1. The monoisotopic (exact) mass is 627 g/mol. The number of hydrogen-bond acceptors (Lipinski definition) is 4. The van der Waals surface area contributed by atoms with Gasteiger partial charge in [-0.25, -0.2) is 15.0 Å². The fourth-order valence-electron chi connectivity index (χ4n) is 6.47. The Morgan fingerprint density at radius 3 is 1.27 bits per heavy atom. The first-order valence-corrected chi connectivity index (χ1v) is 16.4. The summed E-state index contributed by atoms with van der Waals surface area (Å²) in [5.41, 5.74) is 11.3. The average molecular weight is 628 g/mol. The van der Waals surface area contributed by atoms with Gasteiger partial charge in [0, 0.05) is 27.5 Å². The molecule has 4 heteroatoms. The predicted molar refractivity (Wildman–Crippen MR) is 200 cm³/mol. The Morgan fingerprint density at radius 2 is 0.735 bits per heavy atom. The van der Waals surface area contributed by atoms with Crippen LogP contribution in [0, 0.1) is 0 Å². The smallest absolute Gasteiger partial charge is 0.164 e. The van der Waals surface area contributed by atoms with Crippen molar-refractivity contribution in [2.45, 2.75) is 0 Å². The van der Waals surface area contributed by atoms with Crippen molar-refractivity contribution in [2.24, 2.45) is 0 Å². The van der Waals surface area contributed by atoms with Gasteiger partial charge in [0.2, 0.25) is 0 Å². The number of benzene rings is 7. The number of fused-ring (bicyclic) bond motifs is 3. The highest BCUT2D eigenvalue weighted by Crippen LogP contribution is 2.38. The van der Waals surface area contributed by atoms with E-state index in [2.05, 4.69) is 140 Å². The minimum absolute atomic E-state index is 0.588. The minimum Gasteiger partial charge on any atom is -0.456 e. The second kappa shape index (κ2) is 12.2. The summed E-state index contributed by atoms with van der Waals surface area (Å²) in [6.07, 6.45) is 0. The quantitative estimate of drug-likeness (QED) is 0.184. The van der Waals surface area contributed by atoms with Crippen molar-refractivity contribution in [3.63, 3.8) is 0 Å². The van der Waals surface area contributed by atoms with Crippen molar-refractivity contribution >= 4 is 21.9 Å². The van der Waals surface area contributed by atoms with Crippen LogP contribution in [0.5, 0.6) is 0 Å². The number of aromatic nitrogens is 3. The van der Waals surface area contributed by atoms with E-state index in [9.17, 15) is 0 Å². The molecule has 0 atom stereocenters. The van der Waals surface area contributed by atoms with E-state index in [0.717, 1.165) is 60.9 Å². The molecule has 0 spiro atoms. The van der Waals surface area contributed by atoms with Crippen LogP contribution in [0.25, 0.3) is 89.5 Å². The van der Waals surface area contributed by atoms with E-state index in [1.807, 2.05) is 36.4 Å². The summed E-state index contributed by atoms with van der Waals surface area (Å²) in [4.78, 5) is 15.1. The van der Waals surface area contributed by atoms with Crippen LogP contribution in [0.4, 0.5) is 0 Å². The van der Waals surface area contributed by atoms with Crippen molar-refractivity contribution in [1.82, 2.24) is 15.0 Å². The molecular formula is C45H29N3O. The van der Waals surface area contributed by atoms with E-state index in [4.69, 9.17) is 19.4 Å². The largest absolute Gasteiger partial charge is 0.456 e. The highest BCUT2D eigenvalue weighted by molar-refractivity contribution is 6.13. The number of furan rings is 1. The molecule has 230 valence electrons. The average Bonchev–Trinajstić information content (AvgIpc) is 3.57. The van der Waals surface area contributed by atoms with Crippen LogP contribution >= 0.6 is 0 Å². The zero-order valence-corrected chi connectivity index (χ0v) is 26.5. The maximum Gasteiger partial charge on any atom is 0.164 e. The molecule has 9 aromatic rings. The van der Waals surface area contributed by atoms with Crippen LogP contribution in [-0.4, -0.2) is 15.0 Å². The molecule has 0 saturated heterocycles. The Morgan fingerprint density at radius 1 is 0.306 bits per heavy atom. The van der Waals surface area contributed by atoms with E-state index < -0.39 is 0 Å². The number of rotatable bonds is 6. The van der Waals surface area contributed by atoms with Gasteiger partial charge in [0.15, 0.2) is 17.5 Å². The van der Waals surface area contributed by atoms with Crippen LogP contribution in [0.2, 0.25) is 0 Å². The molecule has 0 aliphatic rings. The van der Waals surface area contributed by atoms with Crippen LogP contribution < -0.4 is 0 Å². The van der Waals surface area contributed by atoms with Gasteiger partial charge in [-0.1, -0.05) is 158 Å². The lowest BCUT2D eigenvalue weighted by molar-refractivity contribution is 0.669. The molecule has 0 unspecified atom stereocenters. The Kier molecular flexibility index (Phi) is 7.10. The Bertz CT molecular complexity index is 2460. The molecule has 0 amide bonds. The zero-order chi connectivity index (χ0) is 32.6. The third-order valence-electron chi connectivity index (χ3n) is 8.98. The molecule has 4 nitrogen and oxygen atoms in total. The van der Waals surface area contributed by atoms with Gasteiger partial charge < -0.3 is 4.42 Å². The van der Waals surface area contributed by atoms with E-state index in [-0.39, 0.29) is 0 Å². The van der Waals surface area contributed by atoms with Gasteiger partial charge in [0.25, 0.3) is 0 Å². The molecule has 0 fully saturated rings. The van der Waals surface area contributed by atoms with E-state index in [1.165, 1.54) is 11.1 Å². The minimum atomic E-state index is 0.588. The van der Waals surface area contributed by atoms with E-state index >= 15 is 0 Å². The number of nitrogens with zero attached hydrogens (tertiary/aromatic N) is 3. The van der Waals surface area contributed by atoms with Crippen LogP contribution in [0.3, 0.4) is 0 Å². The summed E-state index contributed by atoms with van der Waals surface area (Å²) in [7, 11) is 0. The van der Waals surface area contributed by atoms with Gasteiger partial charge in [0.05, 0.1) is 0 Å². The van der Waals surface area contributed by atoms with Gasteiger partial charge >= 0.3 is 0 Å². The normalized spacial score (nSPS) is 11.3. The second-order valence-electron chi connectivity index (χ2n) is 12.1. The maximum absolute atomic E-state index is 6.45. The molecule has 0 saturated carbocycles. The summed E-state index contributed by atoms with van der Waals surface area (Å²) in [6.45, 7) is 0. The van der Waals surface area contributed by atoms with Crippen molar-refractivity contribution in [3.05, 3.63) is 176 Å².